The molecule has 6 nitrogen and oxygen atoms in total. The summed E-state index contributed by atoms with van der Waals surface area (Å²) in [4.78, 5) is 12.0. The Kier molecular flexibility index (Phi) is 4.29. The number of hydrogen-bond acceptors (Lipinski definition) is 4. The predicted molar refractivity (Wildman–Crippen MR) is 79.3 cm³/mol. The Morgan fingerprint density at radius 3 is 2.75 bits per heavy atom. The molecule has 20 heavy (non-hydrogen) atoms. The Hall–Kier alpha value is -1.60. The van der Waals surface area contributed by atoms with Gasteiger partial charge in [-0.1, -0.05) is 6.07 Å². The van der Waals surface area contributed by atoms with Crippen LogP contribution in [0.3, 0.4) is 0 Å². The summed E-state index contributed by atoms with van der Waals surface area (Å²) in [5.41, 5.74) is 1.86. The molecule has 1 aliphatic rings. The summed E-state index contributed by atoms with van der Waals surface area (Å²) in [7, 11) is -3.34. The maximum absolute atomic E-state index is 12.0. The standard InChI is InChI=1S/C13H19N3O3S/c1-9-5-6-10(8-12(9)16-20(2,18)19)15-13(17)11-4-3-7-14-11/h5-6,8,11,14,16H,3-4,7H2,1-2H3,(H,15,17). The van der Waals surface area contributed by atoms with Crippen LogP contribution < -0.4 is 15.4 Å². The van der Waals surface area contributed by atoms with Crippen molar-refractivity contribution >= 4 is 27.3 Å². The van der Waals surface area contributed by atoms with Crippen LogP contribution in [0.5, 0.6) is 0 Å². The van der Waals surface area contributed by atoms with Crippen molar-refractivity contribution in [3.63, 3.8) is 0 Å². The lowest BCUT2D eigenvalue weighted by Crippen LogP contribution is -2.35. The van der Waals surface area contributed by atoms with Gasteiger partial charge in [-0.25, -0.2) is 8.42 Å². The van der Waals surface area contributed by atoms with Crippen LogP contribution in [0.25, 0.3) is 0 Å². The monoisotopic (exact) mass is 297 g/mol. The second-order valence-corrected chi connectivity index (χ2v) is 6.79. The number of anilines is 2. The molecule has 1 amide bonds. The molecule has 1 unspecified atom stereocenters. The number of carbonyl (C=O) groups excluding carboxylic acids is 1. The molecule has 0 bridgehead atoms. The molecule has 1 aromatic rings. The molecule has 0 aliphatic carbocycles. The number of sulfonamides is 1. The molecule has 0 radical (unpaired) electrons. The molecule has 1 heterocycles. The highest BCUT2D eigenvalue weighted by atomic mass is 32.2. The first kappa shape index (κ1) is 14.8. The molecular weight excluding hydrogens is 278 g/mol. The number of amides is 1. The second-order valence-electron chi connectivity index (χ2n) is 5.04. The van der Waals surface area contributed by atoms with Gasteiger partial charge in [0.25, 0.3) is 0 Å². The van der Waals surface area contributed by atoms with E-state index in [4.69, 9.17) is 0 Å². The van der Waals surface area contributed by atoms with Gasteiger partial charge in [-0.15, -0.1) is 0 Å². The number of benzene rings is 1. The first-order valence-electron chi connectivity index (χ1n) is 6.48. The molecule has 1 aliphatic heterocycles. The van der Waals surface area contributed by atoms with E-state index in [0.717, 1.165) is 31.2 Å². The Morgan fingerprint density at radius 1 is 1.40 bits per heavy atom. The van der Waals surface area contributed by atoms with Crippen molar-refractivity contribution in [2.24, 2.45) is 0 Å². The molecule has 1 saturated heterocycles. The van der Waals surface area contributed by atoms with Crippen LogP contribution in [0.4, 0.5) is 11.4 Å². The van der Waals surface area contributed by atoms with E-state index in [-0.39, 0.29) is 11.9 Å². The molecule has 0 spiro atoms. The first-order chi connectivity index (χ1) is 9.35. The highest BCUT2D eigenvalue weighted by Gasteiger charge is 2.22. The van der Waals surface area contributed by atoms with Gasteiger partial charge in [-0.2, -0.15) is 0 Å². The molecule has 2 rings (SSSR count). The highest BCUT2D eigenvalue weighted by molar-refractivity contribution is 7.92. The summed E-state index contributed by atoms with van der Waals surface area (Å²) in [5.74, 6) is -0.0864. The minimum absolute atomic E-state index is 0.0864. The summed E-state index contributed by atoms with van der Waals surface area (Å²) in [6, 6.07) is 4.99. The van der Waals surface area contributed by atoms with Crippen LogP contribution in [0.1, 0.15) is 18.4 Å². The van der Waals surface area contributed by atoms with Crippen molar-refractivity contribution in [2.45, 2.75) is 25.8 Å². The minimum Gasteiger partial charge on any atom is -0.325 e. The average molecular weight is 297 g/mol. The first-order valence-corrected chi connectivity index (χ1v) is 8.37. The summed E-state index contributed by atoms with van der Waals surface area (Å²) >= 11 is 0. The molecular formula is C13H19N3O3S. The lowest BCUT2D eigenvalue weighted by molar-refractivity contribution is -0.117. The molecule has 110 valence electrons. The van der Waals surface area contributed by atoms with Crippen molar-refractivity contribution in [1.82, 2.24) is 5.32 Å². The molecule has 3 N–H and O–H groups in total. The zero-order valence-electron chi connectivity index (χ0n) is 11.6. The number of hydrogen-bond donors (Lipinski definition) is 3. The molecule has 1 atom stereocenters. The van der Waals surface area contributed by atoms with E-state index < -0.39 is 10.0 Å². The highest BCUT2D eigenvalue weighted by Crippen LogP contribution is 2.21. The van der Waals surface area contributed by atoms with Crippen LogP contribution >= 0.6 is 0 Å². The van der Waals surface area contributed by atoms with E-state index in [1.165, 1.54) is 0 Å². The van der Waals surface area contributed by atoms with E-state index in [1.54, 1.807) is 25.1 Å². The Bertz CT molecular complexity index is 607. The van der Waals surface area contributed by atoms with E-state index in [9.17, 15) is 13.2 Å². The summed E-state index contributed by atoms with van der Waals surface area (Å²) in [5, 5.41) is 5.92. The third-order valence-electron chi connectivity index (χ3n) is 3.18. The summed E-state index contributed by atoms with van der Waals surface area (Å²) in [6.07, 6.45) is 2.92. The maximum Gasteiger partial charge on any atom is 0.241 e. The van der Waals surface area contributed by atoms with Gasteiger partial charge in [0.2, 0.25) is 15.9 Å². The molecule has 0 saturated carbocycles. The number of nitrogens with one attached hydrogen (secondary N) is 3. The fourth-order valence-electron chi connectivity index (χ4n) is 2.15. The maximum atomic E-state index is 12.0. The number of rotatable bonds is 4. The van der Waals surface area contributed by atoms with Crippen LogP contribution in [0.2, 0.25) is 0 Å². The second kappa shape index (κ2) is 5.80. The zero-order chi connectivity index (χ0) is 14.8. The molecule has 1 aromatic carbocycles. The fourth-order valence-corrected chi connectivity index (χ4v) is 2.77. The van der Waals surface area contributed by atoms with Crippen LogP contribution in [-0.4, -0.2) is 33.2 Å². The van der Waals surface area contributed by atoms with Gasteiger partial charge in [-0.3, -0.25) is 9.52 Å². The van der Waals surface area contributed by atoms with Crippen molar-refractivity contribution in [1.29, 1.82) is 0 Å². The third kappa shape index (κ3) is 3.94. The Morgan fingerprint density at radius 2 is 2.15 bits per heavy atom. The topological polar surface area (TPSA) is 87.3 Å². The normalized spacial score (nSPS) is 18.8. The van der Waals surface area contributed by atoms with Gasteiger partial charge < -0.3 is 10.6 Å². The molecule has 1 fully saturated rings. The smallest absolute Gasteiger partial charge is 0.241 e. The van der Waals surface area contributed by atoms with E-state index in [1.807, 2.05) is 0 Å². The molecule has 0 aromatic heterocycles. The lowest BCUT2D eigenvalue weighted by Gasteiger charge is -2.13. The van der Waals surface area contributed by atoms with E-state index >= 15 is 0 Å². The van der Waals surface area contributed by atoms with Gasteiger partial charge in [0.1, 0.15) is 0 Å². The minimum atomic E-state index is -3.34. The third-order valence-corrected chi connectivity index (χ3v) is 3.77. The Labute approximate surface area is 119 Å². The van der Waals surface area contributed by atoms with Gasteiger partial charge >= 0.3 is 0 Å². The van der Waals surface area contributed by atoms with Crippen LogP contribution in [0.15, 0.2) is 18.2 Å². The SMILES string of the molecule is Cc1ccc(NC(=O)C2CCCN2)cc1NS(C)(=O)=O. The summed E-state index contributed by atoms with van der Waals surface area (Å²) in [6.45, 7) is 2.66. The quantitative estimate of drug-likeness (QED) is 0.775. The zero-order valence-corrected chi connectivity index (χ0v) is 12.4. The fraction of sp³-hybridized carbons (Fsp3) is 0.462. The van der Waals surface area contributed by atoms with Gasteiger partial charge in [0.15, 0.2) is 0 Å². The van der Waals surface area contributed by atoms with Crippen LogP contribution in [0, 0.1) is 6.92 Å². The Balaban J connectivity index is 2.12. The van der Waals surface area contributed by atoms with Gasteiger partial charge in [0.05, 0.1) is 18.0 Å². The van der Waals surface area contributed by atoms with Crippen molar-refractivity contribution < 1.29 is 13.2 Å². The van der Waals surface area contributed by atoms with Gasteiger partial charge in [0, 0.05) is 5.69 Å². The number of aryl methyl sites for hydroxylation is 1. The van der Waals surface area contributed by atoms with Crippen molar-refractivity contribution in [3.05, 3.63) is 23.8 Å². The van der Waals surface area contributed by atoms with Crippen molar-refractivity contribution in [3.8, 4) is 0 Å². The summed E-state index contributed by atoms with van der Waals surface area (Å²) < 4.78 is 25.0. The van der Waals surface area contributed by atoms with E-state index in [2.05, 4.69) is 15.4 Å². The average Bonchev–Trinajstić information content (AvgIpc) is 2.85. The van der Waals surface area contributed by atoms with Gasteiger partial charge in [-0.05, 0) is 44.0 Å². The van der Waals surface area contributed by atoms with Crippen molar-refractivity contribution in [2.75, 3.05) is 22.8 Å². The van der Waals surface area contributed by atoms with E-state index in [0.29, 0.717) is 11.4 Å². The van der Waals surface area contributed by atoms with Crippen LogP contribution in [-0.2, 0) is 14.8 Å². The molecule has 7 heteroatoms. The number of carbonyl (C=O) groups is 1. The lowest BCUT2D eigenvalue weighted by atomic mass is 10.1. The predicted octanol–water partition coefficient (Wildman–Crippen LogP) is 1.06. The largest absolute Gasteiger partial charge is 0.325 e.